The molecular formula is C71H95AlLiN4O12S. The van der Waals surface area contributed by atoms with Crippen molar-refractivity contribution in [3.63, 3.8) is 0 Å². The Hall–Kier alpha value is -5.93. The van der Waals surface area contributed by atoms with Crippen LogP contribution >= 0.6 is 12.2 Å². The Balaban J connectivity index is 0.000000550. The van der Waals surface area contributed by atoms with Gasteiger partial charge >= 0.3 is 24.8 Å². The number of carboxylic acids is 1. The van der Waals surface area contributed by atoms with E-state index in [1.807, 2.05) is 79.0 Å². The molecule has 90 heavy (non-hydrogen) atoms. The first kappa shape index (κ1) is 80.2. The first-order chi connectivity index (χ1) is 40.9. The zero-order chi connectivity index (χ0) is 59.4. The summed E-state index contributed by atoms with van der Waals surface area (Å²) < 4.78 is 12.0. The van der Waals surface area contributed by atoms with Gasteiger partial charge in [-0.3, -0.25) is 14.4 Å². The molecule has 6 aliphatic rings. The van der Waals surface area contributed by atoms with Gasteiger partial charge in [-0.2, -0.15) is 0 Å². The second-order valence-corrected chi connectivity index (χ2v) is 22.3. The minimum Gasteiger partial charge on any atom is -1.00 e. The maximum absolute atomic E-state index is 12.6. The summed E-state index contributed by atoms with van der Waals surface area (Å²) >= 11 is 5.00. The van der Waals surface area contributed by atoms with Crippen molar-refractivity contribution < 1.29 is 79.6 Å². The molecule has 3 radical (unpaired) electrons. The summed E-state index contributed by atoms with van der Waals surface area (Å²) in [6.07, 6.45) is 21.0. The van der Waals surface area contributed by atoms with Crippen LogP contribution < -0.4 is 18.9 Å². The zero-order valence-corrected chi connectivity index (χ0v) is 51.0. The molecule has 0 amide bonds. The topological polar surface area (TPSA) is 268 Å². The Kier molecular flexibility index (Phi) is 36.4. The molecule has 7 aromatic rings. The average Bonchev–Trinajstić information content (AvgIpc) is 1.65. The van der Waals surface area contributed by atoms with E-state index in [0.29, 0.717) is 48.2 Å². The fourth-order valence-corrected chi connectivity index (χ4v) is 12.2. The molecule has 1 aliphatic heterocycles. The Morgan fingerprint density at radius 3 is 1.81 bits per heavy atom. The number of hydrogen-bond acceptors (Lipinski definition) is 13. The normalized spacial score (nSPS) is 18.6. The summed E-state index contributed by atoms with van der Waals surface area (Å²) in [4.78, 5) is 57.6. The number of carbonyl (C=O) groups excluding carboxylic acids is 3. The fourth-order valence-electron chi connectivity index (χ4n) is 12.0. The van der Waals surface area contributed by atoms with Gasteiger partial charge in [-0.05, 0) is 189 Å². The number of carbonyl (C=O) groups is 4. The Labute approximate surface area is 561 Å². The van der Waals surface area contributed by atoms with E-state index in [1.54, 1.807) is 12.1 Å². The molecule has 481 valence electrons. The van der Waals surface area contributed by atoms with Gasteiger partial charge in [-0.1, -0.05) is 121 Å². The van der Waals surface area contributed by atoms with Gasteiger partial charge in [0.25, 0.3) is 0 Å². The third-order valence-electron chi connectivity index (χ3n) is 16.2. The number of fused-ring (bicyclic) bond motifs is 5. The smallest absolute Gasteiger partial charge is 1.00 e. The monoisotopic (exact) mass is 1260 g/mol. The number of aldehydes is 1. The number of aromatic amines is 3. The van der Waals surface area contributed by atoms with Crippen LogP contribution in [0.5, 0.6) is 0 Å². The van der Waals surface area contributed by atoms with Gasteiger partial charge in [-0.25, -0.2) is 9.78 Å². The summed E-state index contributed by atoms with van der Waals surface area (Å²) in [5, 5.41) is 56.5. The van der Waals surface area contributed by atoms with E-state index in [1.165, 1.54) is 29.2 Å². The van der Waals surface area contributed by atoms with E-state index in [-0.39, 0.29) is 122 Å². The summed E-state index contributed by atoms with van der Waals surface area (Å²) in [5.74, 6) is -0.596. The predicted octanol–water partition coefficient (Wildman–Crippen LogP) is 10.7. The number of ether oxygens (including phenoxy) is 2. The average molecular weight is 1260 g/mol. The quantitative estimate of drug-likeness (QED) is 0.0370. The molecule has 13 rings (SSSR count). The van der Waals surface area contributed by atoms with E-state index in [2.05, 4.69) is 32.1 Å². The van der Waals surface area contributed by atoms with Crippen LogP contribution in [0.25, 0.3) is 0 Å². The first-order valence-electron chi connectivity index (χ1n) is 29.4. The summed E-state index contributed by atoms with van der Waals surface area (Å²) in [7, 11) is 0. The predicted molar refractivity (Wildman–Crippen MR) is 354 cm³/mol. The molecule has 19 heteroatoms. The standard InChI is InChI=1S/C16H20O3.C15H16N2O2S.C11H12O3.C11H14O2.C10H12O.C4H4N2O.4CH4.Al.Li.H/c17-14-8-4-6-12-5-3-7-13(16(12)14)11-19-15-9-1-2-10-18-15;18-8-11-3-1-2-9-4-5-10(14(19)13(9)11)6-12-7-16-15(20)17-12;12-9-6-2-4-7-3-1-5-8(10(7)9)11(13)14;12-7-9-5-1-3-8-4-2-6-10(13)11(8)9;11-10-7-3-5-8-4-1-2-6-9(8)10;7-2-4-1-5-3-6-4;;;;;;;/h3,5,7,15H,1-2,4,6,8-11H2;1-3,7,10,18H,4-6,8H2,(H2,16,17,20);1,3,5,9,12H,2,4,6H2,(H,13,14);1,3,5,10,12-13H,2,4,6-7H2;1-2,4,6,10-11H,3,5,7H2;1-3H,(H,5,6);4*1H4;;;/q;;;;;;;;;;;+1;-1. The second-order valence-electron chi connectivity index (χ2n) is 21.9. The van der Waals surface area contributed by atoms with Crippen molar-refractivity contribution in [2.45, 2.75) is 190 Å². The van der Waals surface area contributed by atoms with Crippen molar-refractivity contribution in [3.05, 3.63) is 210 Å². The van der Waals surface area contributed by atoms with Crippen LogP contribution in [0, 0.1) is 10.7 Å². The molecule has 0 saturated carbocycles. The number of rotatable bonds is 9. The van der Waals surface area contributed by atoms with Crippen LogP contribution in [0.1, 0.15) is 235 Å². The number of benzene rings is 5. The van der Waals surface area contributed by atoms with Crippen molar-refractivity contribution in [1.82, 2.24) is 19.9 Å². The molecule has 1 saturated heterocycles. The van der Waals surface area contributed by atoms with E-state index < -0.39 is 12.1 Å². The van der Waals surface area contributed by atoms with E-state index in [0.717, 1.165) is 159 Å². The van der Waals surface area contributed by atoms with E-state index in [9.17, 15) is 39.6 Å². The van der Waals surface area contributed by atoms with Gasteiger partial charge in [0.15, 0.2) is 28.9 Å². The Bertz CT molecular complexity index is 3340. The molecule has 5 aliphatic carbocycles. The maximum atomic E-state index is 12.6. The Morgan fingerprint density at radius 2 is 1.22 bits per heavy atom. The summed E-state index contributed by atoms with van der Waals surface area (Å²) in [6, 6.07) is 31.0. The number of nitrogens with one attached hydrogen (secondary N) is 3. The number of aromatic nitrogens is 4. The van der Waals surface area contributed by atoms with E-state index >= 15 is 0 Å². The molecule has 1 fully saturated rings. The van der Waals surface area contributed by atoms with E-state index in [4.69, 9.17) is 31.9 Å². The third-order valence-corrected chi connectivity index (χ3v) is 16.4. The van der Waals surface area contributed by atoms with Gasteiger partial charge in [0.1, 0.15) is 0 Å². The number of nitrogens with zero attached hydrogens (tertiary/aromatic N) is 1. The number of hydrogen-bond donors (Lipinski definition) is 9. The Morgan fingerprint density at radius 1 is 0.644 bits per heavy atom. The van der Waals surface area contributed by atoms with Crippen molar-refractivity contribution >= 4 is 53.4 Å². The molecule has 5 atom stereocenters. The number of Topliss-reactive ketones (excluding diaryl/α,β-unsaturated/α-hetero) is 2. The fraction of sp³-hybridized carbons (Fsp3) is 0.437. The van der Waals surface area contributed by atoms with Crippen molar-refractivity contribution in [2.24, 2.45) is 5.92 Å². The minimum absolute atomic E-state index is 0. The molecule has 5 unspecified atom stereocenters. The molecular weight excluding hydrogens is 1170 g/mol. The van der Waals surface area contributed by atoms with Crippen molar-refractivity contribution in [3.8, 4) is 0 Å². The van der Waals surface area contributed by atoms with Gasteiger partial charge in [0, 0.05) is 59.3 Å². The molecule has 0 spiro atoms. The molecule has 5 aromatic carbocycles. The van der Waals surface area contributed by atoms with Gasteiger partial charge in [0.05, 0.1) is 61.9 Å². The van der Waals surface area contributed by atoms with Gasteiger partial charge in [0.2, 0.25) is 0 Å². The van der Waals surface area contributed by atoms with Gasteiger partial charge in [-0.15, -0.1) is 0 Å². The summed E-state index contributed by atoms with van der Waals surface area (Å²) in [5.41, 5.74) is 14.4. The number of imidazole rings is 2. The van der Waals surface area contributed by atoms with Crippen LogP contribution in [-0.2, 0) is 67.8 Å². The molecule has 16 nitrogen and oxygen atoms in total. The van der Waals surface area contributed by atoms with Crippen LogP contribution in [0.15, 0.2) is 116 Å². The number of aliphatic hydroxyl groups excluding tert-OH is 5. The molecule has 3 heterocycles. The largest absolute Gasteiger partial charge is 1.00 e. The minimum atomic E-state index is -0.956. The number of aryl methyl sites for hydroxylation is 5. The van der Waals surface area contributed by atoms with Gasteiger partial charge < -0.3 is 56.5 Å². The molecule has 9 N–H and O–H groups in total. The SMILES string of the molecule is C.C.C.C.O=C(O)c1cccc2c1C(O)CCC2.O=C1CCCc2cccc(COC3CCCCO3)c21.O=C1c2c(CO)cccc2CCC1Cc1c[nH]c(=S)[nH]1.O=Cc1cnc[nH]1.OC1CCCc2ccccc21.OCc1cccc2c1C(O)CCC2.[Al].[H-].[Li+]. The first-order valence-corrected chi connectivity index (χ1v) is 29.8. The number of carboxylic acid groups (broad SMARTS) is 1. The maximum Gasteiger partial charge on any atom is 1.00 e. The van der Waals surface area contributed by atoms with Crippen molar-refractivity contribution in [2.75, 3.05) is 6.61 Å². The van der Waals surface area contributed by atoms with Crippen molar-refractivity contribution in [1.29, 1.82) is 0 Å². The number of ketones is 2. The molecule has 0 bridgehead atoms. The van der Waals surface area contributed by atoms with Crippen LogP contribution in [0.2, 0.25) is 0 Å². The number of aromatic carboxylic acids is 1. The number of H-pyrrole nitrogens is 3. The third kappa shape index (κ3) is 21.9. The zero-order valence-electron chi connectivity index (χ0n) is 50.1. The number of aliphatic hydroxyl groups is 5. The van der Waals surface area contributed by atoms with Crippen LogP contribution in [0.3, 0.4) is 0 Å². The molecule has 2 aromatic heterocycles. The van der Waals surface area contributed by atoms with Crippen LogP contribution in [-0.4, -0.2) is 105 Å². The van der Waals surface area contributed by atoms with Crippen LogP contribution in [0.4, 0.5) is 0 Å². The summed E-state index contributed by atoms with van der Waals surface area (Å²) in [6.45, 7) is 1.21. The second kappa shape index (κ2) is 40.8.